The van der Waals surface area contributed by atoms with Crippen molar-refractivity contribution in [2.24, 2.45) is 4.99 Å². The summed E-state index contributed by atoms with van der Waals surface area (Å²) in [6.45, 7) is 0.640. The number of methoxy groups -OCH3 is 1. The Hall–Kier alpha value is -1.42. The van der Waals surface area contributed by atoms with Gasteiger partial charge in [-0.05, 0) is 55.9 Å². The van der Waals surface area contributed by atoms with Crippen molar-refractivity contribution in [1.82, 2.24) is 20.4 Å². The molecule has 2 atom stereocenters. The maximum atomic E-state index is 5.19. The van der Waals surface area contributed by atoms with E-state index >= 15 is 0 Å². The third-order valence-corrected chi connectivity index (χ3v) is 5.80. The molecule has 2 N–H and O–H groups in total. The van der Waals surface area contributed by atoms with Crippen LogP contribution in [0.15, 0.2) is 41.5 Å². The second-order valence-electron chi connectivity index (χ2n) is 6.39. The first-order valence-corrected chi connectivity index (χ1v) is 10.2. The van der Waals surface area contributed by atoms with Gasteiger partial charge in [-0.25, -0.2) is 4.68 Å². The summed E-state index contributed by atoms with van der Waals surface area (Å²) in [4.78, 5) is 4.34. The molecule has 1 fully saturated rings. The fourth-order valence-corrected chi connectivity index (χ4v) is 3.98. The van der Waals surface area contributed by atoms with Crippen LogP contribution < -0.4 is 15.4 Å². The van der Waals surface area contributed by atoms with E-state index in [1.165, 1.54) is 19.3 Å². The third-order valence-electron chi connectivity index (χ3n) is 4.70. The summed E-state index contributed by atoms with van der Waals surface area (Å²) in [7, 11) is 3.48. The average molecular weight is 501 g/mol. The molecule has 1 aliphatic rings. The molecule has 2 unspecified atom stereocenters. The van der Waals surface area contributed by atoms with Crippen LogP contribution in [0.1, 0.15) is 25.0 Å². The Bertz CT molecular complexity index is 734. The monoisotopic (exact) mass is 501 g/mol. The molecule has 0 radical (unpaired) electrons. The molecule has 0 aliphatic heterocycles. The first-order valence-electron chi connectivity index (χ1n) is 8.90. The van der Waals surface area contributed by atoms with Gasteiger partial charge in [-0.15, -0.1) is 24.0 Å². The number of guanidine groups is 1. The Balaban J connectivity index is 0.00000261. The van der Waals surface area contributed by atoms with Crippen LogP contribution in [0.25, 0.3) is 5.69 Å². The van der Waals surface area contributed by atoms with Crippen molar-refractivity contribution < 1.29 is 4.74 Å². The quantitative estimate of drug-likeness (QED) is 0.361. The molecule has 27 heavy (non-hydrogen) atoms. The van der Waals surface area contributed by atoms with Gasteiger partial charge in [0.1, 0.15) is 5.75 Å². The van der Waals surface area contributed by atoms with E-state index in [0.717, 1.165) is 28.3 Å². The lowest BCUT2D eigenvalue weighted by atomic mass is 10.2. The summed E-state index contributed by atoms with van der Waals surface area (Å²) in [5, 5.41) is 12.3. The fourth-order valence-electron chi connectivity index (χ4n) is 3.18. The lowest BCUT2D eigenvalue weighted by molar-refractivity contribution is 0.414. The number of aliphatic imine (C=N–C) groups is 1. The summed E-state index contributed by atoms with van der Waals surface area (Å²) in [5.41, 5.74) is 1.98. The molecule has 0 saturated heterocycles. The Morgan fingerprint density at radius 1 is 1.30 bits per heavy atom. The standard InChI is InChI=1S/C19H27N5OS.HI/c1-20-19(22-14-4-9-18(12-14)26-3)21-13-15-10-11-24(23-15)16-5-7-17(25-2)8-6-16;/h5-8,10-11,14,18H,4,9,12-13H2,1-3H3,(H2,20,21,22);1H. The van der Waals surface area contributed by atoms with Crippen LogP contribution >= 0.6 is 35.7 Å². The van der Waals surface area contributed by atoms with Crippen LogP contribution in [0.4, 0.5) is 0 Å². The minimum atomic E-state index is 0. The number of hydrogen-bond donors (Lipinski definition) is 2. The number of hydrogen-bond acceptors (Lipinski definition) is 4. The van der Waals surface area contributed by atoms with Gasteiger partial charge >= 0.3 is 0 Å². The Labute approximate surface area is 182 Å². The predicted octanol–water partition coefficient (Wildman–Crippen LogP) is 3.45. The fraction of sp³-hybridized carbons (Fsp3) is 0.474. The molecule has 148 valence electrons. The van der Waals surface area contributed by atoms with Gasteiger partial charge in [0, 0.05) is 24.5 Å². The number of nitrogens with zero attached hydrogens (tertiary/aromatic N) is 3. The molecule has 0 amide bonds. The van der Waals surface area contributed by atoms with E-state index in [2.05, 4.69) is 27.0 Å². The molecule has 2 aromatic rings. The van der Waals surface area contributed by atoms with Gasteiger partial charge in [0.25, 0.3) is 0 Å². The maximum absolute atomic E-state index is 5.19. The second kappa shape index (κ2) is 10.8. The Morgan fingerprint density at radius 3 is 2.70 bits per heavy atom. The molecule has 0 spiro atoms. The van der Waals surface area contributed by atoms with Gasteiger partial charge in [0.15, 0.2) is 5.96 Å². The van der Waals surface area contributed by atoms with E-state index in [9.17, 15) is 0 Å². The molecule has 1 aromatic carbocycles. The van der Waals surface area contributed by atoms with Crippen LogP contribution in [-0.4, -0.2) is 47.4 Å². The Morgan fingerprint density at radius 2 is 2.07 bits per heavy atom. The SMILES string of the molecule is CN=C(NCc1ccn(-c2ccc(OC)cc2)n1)NC1CCC(SC)C1.I. The average Bonchev–Trinajstić information content (AvgIpc) is 3.34. The molecule has 3 rings (SSSR count). The molecule has 0 bridgehead atoms. The highest BCUT2D eigenvalue weighted by Gasteiger charge is 2.24. The van der Waals surface area contributed by atoms with E-state index in [1.807, 2.05) is 60.0 Å². The van der Waals surface area contributed by atoms with Crippen molar-refractivity contribution in [2.75, 3.05) is 20.4 Å². The topological polar surface area (TPSA) is 63.5 Å². The van der Waals surface area contributed by atoms with Crippen molar-refractivity contribution in [1.29, 1.82) is 0 Å². The van der Waals surface area contributed by atoms with Gasteiger partial charge in [0.2, 0.25) is 0 Å². The number of halogens is 1. The first kappa shape index (κ1) is 21.9. The van der Waals surface area contributed by atoms with Gasteiger partial charge in [-0.1, -0.05) is 0 Å². The van der Waals surface area contributed by atoms with Crippen LogP contribution in [-0.2, 0) is 6.54 Å². The zero-order valence-corrected chi connectivity index (χ0v) is 19.2. The lowest BCUT2D eigenvalue weighted by Crippen LogP contribution is -2.42. The summed E-state index contributed by atoms with van der Waals surface area (Å²) >= 11 is 1.96. The highest BCUT2D eigenvalue weighted by atomic mass is 127. The number of ether oxygens (including phenoxy) is 1. The van der Waals surface area contributed by atoms with Crippen LogP contribution in [0.3, 0.4) is 0 Å². The van der Waals surface area contributed by atoms with Gasteiger partial charge in [-0.2, -0.15) is 16.9 Å². The maximum Gasteiger partial charge on any atom is 0.191 e. The lowest BCUT2D eigenvalue weighted by Gasteiger charge is -2.16. The zero-order chi connectivity index (χ0) is 18.4. The molecule has 1 heterocycles. The van der Waals surface area contributed by atoms with E-state index in [0.29, 0.717) is 12.6 Å². The molecule has 1 aliphatic carbocycles. The smallest absolute Gasteiger partial charge is 0.191 e. The number of thioether (sulfide) groups is 1. The minimum absolute atomic E-state index is 0. The van der Waals surface area contributed by atoms with E-state index in [1.54, 1.807) is 7.11 Å². The largest absolute Gasteiger partial charge is 0.497 e. The number of benzene rings is 1. The molecule has 8 heteroatoms. The van der Waals surface area contributed by atoms with Crippen molar-refractivity contribution >= 4 is 41.7 Å². The second-order valence-corrected chi connectivity index (χ2v) is 7.53. The zero-order valence-electron chi connectivity index (χ0n) is 16.0. The van der Waals surface area contributed by atoms with E-state index < -0.39 is 0 Å². The molecule has 6 nitrogen and oxygen atoms in total. The Kier molecular flexibility index (Phi) is 8.75. The molecular formula is C19H28IN5OS. The van der Waals surface area contributed by atoms with Crippen LogP contribution in [0.5, 0.6) is 5.75 Å². The van der Waals surface area contributed by atoms with Crippen molar-refractivity contribution in [3.05, 3.63) is 42.2 Å². The van der Waals surface area contributed by atoms with Gasteiger partial charge in [-0.3, -0.25) is 4.99 Å². The van der Waals surface area contributed by atoms with Crippen molar-refractivity contribution in [3.63, 3.8) is 0 Å². The van der Waals surface area contributed by atoms with Crippen LogP contribution in [0.2, 0.25) is 0 Å². The first-order chi connectivity index (χ1) is 12.7. The third kappa shape index (κ3) is 6.03. The molecule has 1 saturated carbocycles. The number of aromatic nitrogens is 2. The highest BCUT2D eigenvalue weighted by molar-refractivity contribution is 14.0. The van der Waals surface area contributed by atoms with Crippen LogP contribution in [0, 0.1) is 0 Å². The van der Waals surface area contributed by atoms with Gasteiger partial charge in [0.05, 0.1) is 25.0 Å². The van der Waals surface area contributed by atoms with Gasteiger partial charge < -0.3 is 15.4 Å². The highest BCUT2D eigenvalue weighted by Crippen LogP contribution is 2.28. The summed E-state index contributed by atoms with van der Waals surface area (Å²) in [6, 6.07) is 10.4. The number of nitrogens with one attached hydrogen (secondary N) is 2. The number of rotatable bonds is 6. The predicted molar refractivity (Wildman–Crippen MR) is 124 cm³/mol. The summed E-state index contributed by atoms with van der Waals surface area (Å²) in [5.74, 6) is 1.68. The van der Waals surface area contributed by atoms with E-state index in [4.69, 9.17) is 4.74 Å². The minimum Gasteiger partial charge on any atom is -0.497 e. The van der Waals surface area contributed by atoms with Crippen molar-refractivity contribution in [3.8, 4) is 11.4 Å². The molecular weight excluding hydrogens is 473 g/mol. The summed E-state index contributed by atoms with van der Waals surface area (Å²) in [6.07, 6.45) is 7.85. The van der Waals surface area contributed by atoms with E-state index in [-0.39, 0.29) is 24.0 Å². The van der Waals surface area contributed by atoms with Crippen molar-refractivity contribution in [2.45, 2.75) is 37.1 Å². The summed E-state index contributed by atoms with van der Waals surface area (Å²) < 4.78 is 7.06. The molecule has 1 aromatic heterocycles. The normalized spacial score (nSPS) is 19.4.